The number of ether oxygens (including phenoxy) is 2. The van der Waals surface area contributed by atoms with Gasteiger partial charge in [-0.15, -0.1) is 0 Å². The summed E-state index contributed by atoms with van der Waals surface area (Å²) in [4.78, 5) is 23.6. The van der Waals surface area contributed by atoms with Gasteiger partial charge in [0.2, 0.25) is 0 Å². The molecule has 0 heterocycles. The molecular weight excluding hydrogens is 286 g/mol. The largest absolute Gasteiger partial charge is 0.493 e. The van der Waals surface area contributed by atoms with Gasteiger partial charge in [0.15, 0.2) is 11.5 Å². The number of carboxylic acid groups (broad SMARTS) is 1. The predicted octanol–water partition coefficient (Wildman–Crippen LogP) is 2.47. The lowest BCUT2D eigenvalue weighted by atomic mass is 9.88. The minimum Gasteiger partial charge on any atom is -0.493 e. The summed E-state index contributed by atoms with van der Waals surface area (Å²) >= 11 is 0. The Morgan fingerprint density at radius 3 is 2.27 bits per heavy atom. The van der Waals surface area contributed by atoms with Crippen molar-refractivity contribution >= 4 is 11.9 Å². The van der Waals surface area contributed by atoms with E-state index in [0.29, 0.717) is 29.9 Å². The third-order valence-electron chi connectivity index (χ3n) is 3.87. The topological polar surface area (TPSA) is 84.9 Å². The minimum absolute atomic E-state index is 0.127. The zero-order valence-corrected chi connectivity index (χ0v) is 13.4. The maximum absolute atomic E-state index is 12.6. The molecule has 0 fully saturated rings. The lowest BCUT2D eigenvalue weighted by Crippen LogP contribution is -2.49. The Labute approximate surface area is 130 Å². The first-order chi connectivity index (χ1) is 10.4. The predicted molar refractivity (Wildman–Crippen MR) is 82.6 cm³/mol. The van der Waals surface area contributed by atoms with Gasteiger partial charge in [-0.3, -0.25) is 9.59 Å². The van der Waals surface area contributed by atoms with Crippen LogP contribution in [0.4, 0.5) is 0 Å². The molecule has 22 heavy (non-hydrogen) atoms. The summed E-state index contributed by atoms with van der Waals surface area (Å²) in [5.41, 5.74) is -0.463. The zero-order valence-electron chi connectivity index (χ0n) is 13.4. The lowest BCUT2D eigenvalue weighted by molar-refractivity contribution is -0.138. The summed E-state index contributed by atoms with van der Waals surface area (Å²) in [6, 6.07) is 5.00. The Bertz CT molecular complexity index is 537. The number of carboxylic acids is 1. The first-order valence-electron chi connectivity index (χ1n) is 7.18. The van der Waals surface area contributed by atoms with Crippen LogP contribution in [-0.4, -0.2) is 36.7 Å². The molecule has 0 saturated heterocycles. The molecule has 0 aliphatic carbocycles. The summed E-state index contributed by atoms with van der Waals surface area (Å²) in [5, 5.41) is 11.9. The van der Waals surface area contributed by atoms with E-state index >= 15 is 0 Å². The Kier molecular flexibility index (Phi) is 6.22. The van der Waals surface area contributed by atoms with Gasteiger partial charge < -0.3 is 19.9 Å². The van der Waals surface area contributed by atoms with Crippen LogP contribution < -0.4 is 14.8 Å². The first kappa shape index (κ1) is 17.8. The Morgan fingerprint density at radius 2 is 1.82 bits per heavy atom. The molecule has 0 unspecified atom stereocenters. The number of carbonyl (C=O) groups excluding carboxylic acids is 1. The average molecular weight is 309 g/mol. The van der Waals surface area contributed by atoms with Crippen LogP contribution in [-0.2, 0) is 4.79 Å². The van der Waals surface area contributed by atoms with Crippen LogP contribution in [0.15, 0.2) is 18.2 Å². The second-order valence-corrected chi connectivity index (χ2v) is 5.05. The van der Waals surface area contributed by atoms with Gasteiger partial charge in [-0.2, -0.15) is 0 Å². The molecule has 0 saturated carbocycles. The van der Waals surface area contributed by atoms with E-state index in [4.69, 9.17) is 14.6 Å². The molecule has 1 rings (SSSR count). The van der Waals surface area contributed by atoms with Crippen molar-refractivity contribution < 1.29 is 24.2 Å². The van der Waals surface area contributed by atoms with Crippen LogP contribution in [0.5, 0.6) is 11.5 Å². The normalized spacial score (nSPS) is 10.9. The monoisotopic (exact) mass is 309 g/mol. The van der Waals surface area contributed by atoms with Crippen molar-refractivity contribution in [3.05, 3.63) is 23.8 Å². The number of nitrogens with one attached hydrogen (secondary N) is 1. The third-order valence-corrected chi connectivity index (χ3v) is 3.87. The van der Waals surface area contributed by atoms with E-state index < -0.39 is 11.5 Å². The number of hydrogen-bond donors (Lipinski definition) is 2. The van der Waals surface area contributed by atoms with Gasteiger partial charge in [0.05, 0.1) is 31.7 Å². The van der Waals surface area contributed by atoms with Crippen molar-refractivity contribution in [2.45, 2.75) is 38.6 Å². The molecule has 0 radical (unpaired) electrons. The summed E-state index contributed by atoms with van der Waals surface area (Å²) in [7, 11) is 2.95. The van der Waals surface area contributed by atoms with Crippen molar-refractivity contribution in [2.75, 3.05) is 14.2 Å². The van der Waals surface area contributed by atoms with Crippen molar-refractivity contribution in [3.8, 4) is 11.5 Å². The van der Waals surface area contributed by atoms with Gasteiger partial charge in [0.25, 0.3) is 5.91 Å². The van der Waals surface area contributed by atoms with Crippen LogP contribution in [0.25, 0.3) is 0 Å². The van der Waals surface area contributed by atoms with Crippen molar-refractivity contribution in [3.63, 3.8) is 0 Å². The minimum atomic E-state index is -0.943. The van der Waals surface area contributed by atoms with Gasteiger partial charge in [-0.1, -0.05) is 19.9 Å². The maximum Gasteiger partial charge on any atom is 0.305 e. The highest BCUT2D eigenvalue weighted by atomic mass is 16.5. The van der Waals surface area contributed by atoms with E-state index in [1.165, 1.54) is 14.2 Å². The number of carbonyl (C=O) groups is 2. The number of aliphatic carboxylic acids is 1. The number of rotatable bonds is 8. The van der Waals surface area contributed by atoms with E-state index in [2.05, 4.69) is 5.32 Å². The Morgan fingerprint density at radius 1 is 1.18 bits per heavy atom. The lowest BCUT2D eigenvalue weighted by Gasteiger charge is -2.31. The Hall–Kier alpha value is -2.24. The van der Waals surface area contributed by atoms with Crippen molar-refractivity contribution in [1.82, 2.24) is 5.32 Å². The average Bonchev–Trinajstić information content (AvgIpc) is 2.52. The fourth-order valence-corrected chi connectivity index (χ4v) is 2.38. The van der Waals surface area contributed by atoms with Crippen LogP contribution >= 0.6 is 0 Å². The number of methoxy groups -OCH3 is 2. The second kappa shape index (κ2) is 7.68. The first-order valence-corrected chi connectivity index (χ1v) is 7.18. The van der Waals surface area contributed by atoms with E-state index in [1.807, 2.05) is 13.8 Å². The van der Waals surface area contributed by atoms with Gasteiger partial charge in [0, 0.05) is 0 Å². The molecule has 0 spiro atoms. The molecule has 0 atom stereocenters. The second-order valence-electron chi connectivity index (χ2n) is 5.05. The maximum atomic E-state index is 12.6. The van der Waals surface area contributed by atoms with Crippen molar-refractivity contribution in [1.29, 1.82) is 0 Å². The van der Waals surface area contributed by atoms with E-state index in [0.717, 1.165) is 0 Å². The van der Waals surface area contributed by atoms with Gasteiger partial charge in [-0.25, -0.2) is 0 Å². The van der Waals surface area contributed by atoms with Crippen LogP contribution in [0, 0.1) is 0 Å². The van der Waals surface area contributed by atoms with Gasteiger partial charge in [0.1, 0.15) is 0 Å². The third kappa shape index (κ3) is 3.90. The number of hydrogen-bond acceptors (Lipinski definition) is 4. The smallest absolute Gasteiger partial charge is 0.305 e. The molecular formula is C16H23NO5. The standard InChI is InChI=1S/C16H23NO5/c1-5-16(6-2,10-13(18)19)17-15(20)11-8-7-9-12(21-3)14(11)22-4/h7-9H,5-6,10H2,1-4H3,(H,17,20)(H,18,19). The number of benzene rings is 1. The molecule has 6 nitrogen and oxygen atoms in total. The highest BCUT2D eigenvalue weighted by Crippen LogP contribution is 2.31. The fourth-order valence-electron chi connectivity index (χ4n) is 2.38. The molecule has 2 N–H and O–H groups in total. The quantitative estimate of drug-likeness (QED) is 0.770. The summed E-state index contributed by atoms with van der Waals surface area (Å²) in [6.07, 6.45) is 0.916. The van der Waals surface area contributed by atoms with E-state index in [-0.39, 0.29) is 12.3 Å². The fraction of sp³-hybridized carbons (Fsp3) is 0.500. The van der Waals surface area contributed by atoms with Crippen molar-refractivity contribution in [2.24, 2.45) is 0 Å². The zero-order chi connectivity index (χ0) is 16.8. The molecule has 122 valence electrons. The van der Waals surface area contributed by atoms with E-state index in [9.17, 15) is 9.59 Å². The molecule has 0 aliphatic heterocycles. The summed E-state index contributed by atoms with van der Waals surface area (Å²) in [5.74, 6) is -0.534. The highest BCUT2D eigenvalue weighted by molar-refractivity contribution is 5.98. The number of amides is 1. The molecule has 0 aromatic heterocycles. The highest BCUT2D eigenvalue weighted by Gasteiger charge is 2.32. The number of para-hydroxylation sites is 1. The van der Waals surface area contributed by atoms with Crippen LogP contribution in [0.1, 0.15) is 43.5 Å². The Balaban J connectivity index is 3.12. The summed E-state index contributed by atoms with van der Waals surface area (Å²) < 4.78 is 10.4. The molecule has 0 bridgehead atoms. The van der Waals surface area contributed by atoms with Crippen LogP contribution in [0.3, 0.4) is 0 Å². The molecule has 1 amide bonds. The molecule has 1 aromatic carbocycles. The van der Waals surface area contributed by atoms with E-state index in [1.54, 1.807) is 18.2 Å². The molecule has 0 aliphatic rings. The molecule has 6 heteroatoms. The van der Waals surface area contributed by atoms with Gasteiger partial charge >= 0.3 is 5.97 Å². The SMILES string of the molecule is CCC(CC)(CC(=O)O)NC(=O)c1cccc(OC)c1OC. The summed E-state index contributed by atoms with van der Waals surface area (Å²) in [6.45, 7) is 3.71. The van der Waals surface area contributed by atoms with Crippen LogP contribution in [0.2, 0.25) is 0 Å². The molecule has 1 aromatic rings. The van der Waals surface area contributed by atoms with Gasteiger partial charge in [-0.05, 0) is 25.0 Å².